The second-order valence-electron chi connectivity index (χ2n) is 6.26. The predicted octanol–water partition coefficient (Wildman–Crippen LogP) is 3.33. The van der Waals surface area contributed by atoms with E-state index in [2.05, 4.69) is 15.3 Å². The van der Waals surface area contributed by atoms with E-state index >= 15 is 0 Å². The van der Waals surface area contributed by atoms with E-state index in [1.807, 2.05) is 43.0 Å². The maximum Gasteiger partial charge on any atom is 0.337 e. The molecular formula is C21H24N4O3. The molecule has 0 bridgehead atoms. The number of fused-ring (bicyclic) bond motifs is 2. The lowest BCUT2D eigenvalue weighted by atomic mass is 10.1. The highest BCUT2D eigenvalue weighted by atomic mass is 16.5. The Morgan fingerprint density at radius 3 is 2.71 bits per heavy atom. The maximum absolute atomic E-state index is 12.2. The quantitative estimate of drug-likeness (QED) is 0.681. The highest BCUT2D eigenvalue weighted by Crippen LogP contribution is 2.24. The summed E-state index contributed by atoms with van der Waals surface area (Å²) in [7, 11) is 1.35. The topological polar surface area (TPSA) is 87.3 Å². The van der Waals surface area contributed by atoms with Crippen LogP contribution in [0.15, 0.2) is 42.5 Å². The summed E-state index contributed by atoms with van der Waals surface area (Å²) in [6.45, 7) is 5.28. The molecule has 3 aromatic rings. The smallest absolute Gasteiger partial charge is 0.337 e. The van der Waals surface area contributed by atoms with Crippen molar-refractivity contribution in [2.75, 3.05) is 19.0 Å². The number of carbonyl (C=O) groups excluding carboxylic acids is 2. The van der Waals surface area contributed by atoms with Crippen molar-refractivity contribution in [1.82, 2.24) is 14.9 Å². The molecule has 7 nitrogen and oxygen atoms in total. The molecule has 0 radical (unpaired) electrons. The zero-order chi connectivity index (χ0) is 20.1. The molecular weight excluding hydrogens is 356 g/mol. The van der Waals surface area contributed by atoms with Gasteiger partial charge >= 0.3 is 5.97 Å². The third kappa shape index (κ3) is 4.20. The van der Waals surface area contributed by atoms with Gasteiger partial charge in [-0.2, -0.15) is 0 Å². The molecule has 1 aromatic heterocycles. The fourth-order valence-corrected chi connectivity index (χ4v) is 3.19. The maximum atomic E-state index is 12.2. The molecule has 1 amide bonds. The minimum absolute atomic E-state index is 0.0920. The molecule has 0 saturated carbocycles. The fourth-order valence-electron chi connectivity index (χ4n) is 3.19. The summed E-state index contributed by atoms with van der Waals surface area (Å²) in [6, 6.07) is 13.0. The number of imidazole rings is 1. The Morgan fingerprint density at radius 1 is 1.18 bits per heavy atom. The van der Waals surface area contributed by atoms with Crippen molar-refractivity contribution in [2.24, 2.45) is 0 Å². The van der Waals surface area contributed by atoms with Gasteiger partial charge in [0, 0.05) is 12.2 Å². The first-order valence-electron chi connectivity index (χ1n) is 9.29. The number of methoxy groups -OCH3 is 1. The number of hydrogen-bond donors (Lipinski definition) is 2. The van der Waals surface area contributed by atoms with Crippen molar-refractivity contribution >= 4 is 28.6 Å². The summed E-state index contributed by atoms with van der Waals surface area (Å²) in [4.78, 5) is 33.8. The average Bonchev–Trinajstić information content (AvgIpc) is 3.04. The van der Waals surface area contributed by atoms with Crippen molar-refractivity contribution in [1.29, 1.82) is 0 Å². The number of carbonyl (C=O) groups is 2. The number of ether oxygens (including phenoxy) is 1. The summed E-state index contributed by atoms with van der Waals surface area (Å²) >= 11 is 0. The molecule has 0 aliphatic carbocycles. The van der Waals surface area contributed by atoms with E-state index in [9.17, 15) is 9.59 Å². The van der Waals surface area contributed by atoms with E-state index in [4.69, 9.17) is 4.74 Å². The molecule has 0 spiro atoms. The molecule has 2 N–H and O–H groups in total. The second-order valence-corrected chi connectivity index (χ2v) is 6.26. The lowest BCUT2D eigenvalue weighted by Crippen LogP contribution is -2.29. The molecule has 0 atom stereocenters. The Hall–Kier alpha value is -3.19. The predicted molar refractivity (Wildman–Crippen MR) is 108 cm³/mol. The number of hydrogen-bond acceptors (Lipinski definition) is 5. The zero-order valence-electron chi connectivity index (χ0n) is 16.3. The molecule has 0 saturated heterocycles. The standard InChI is InChI=1S/C19H18N4O3.C2H6/c1-26-19(25)12-6-7-14-13(8-12)9-23(11-18(24)22-14)10-17-20-15-4-2-3-5-16(15)21-17;1-2/h2-8H,9-11H2,1H3,(H,20,21)(H,22,24);1-2H3. The number of nitrogens with one attached hydrogen (secondary N) is 2. The number of aromatic nitrogens is 2. The van der Waals surface area contributed by atoms with Gasteiger partial charge in [-0.1, -0.05) is 26.0 Å². The number of rotatable bonds is 3. The molecule has 1 aliphatic heterocycles. The van der Waals surface area contributed by atoms with E-state index in [0.717, 1.165) is 28.1 Å². The van der Waals surface area contributed by atoms with Crippen molar-refractivity contribution in [3.05, 3.63) is 59.4 Å². The van der Waals surface area contributed by atoms with Crippen LogP contribution in [0.4, 0.5) is 5.69 Å². The van der Waals surface area contributed by atoms with E-state index in [1.54, 1.807) is 18.2 Å². The third-order valence-electron chi connectivity index (χ3n) is 4.37. The summed E-state index contributed by atoms with van der Waals surface area (Å²) in [5.41, 5.74) is 3.92. The minimum atomic E-state index is -0.396. The number of H-pyrrole nitrogens is 1. The van der Waals surface area contributed by atoms with Crippen LogP contribution in [0.5, 0.6) is 0 Å². The number of aromatic amines is 1. The Bertz CT molecular complexity index is 963. The first-order valence-corrected chi connectivity index (χ1v) is 9.29. The molecule has 7 heteroatoms. The summed E-state index contributed by atoms with van der Waals surface area (Å²) in [5, 5.41) is 2.89. The molecule has 2 aromatic carbocycles. The molecule has 146 valence electrons. The van der Waals surface area contributed by atoms with Gasteiger partial charge in [-0.3, -0.25) is 9.69 Å². The molecule has 2 heterocycles. The van der Waals surface area contributed by atoms with Crippen LogP contribution in [0.2, 0.25) is 0 Å². The number of para-hydroxylation sites is 2. The summed E-state index contributed by atoms with van der Waals surface area (Å²) in [6.07, 6.45) is 0. The monoisotopic (exact) mass is 380 g/mol. The van der Waals surface area contributed by atoms with Crippen molar-refractivity contribution in [3.8, 4) is 0 Å². The SMILES string of the molecule is CC.COC(=O)c1ccc2c(c1)CN(Cc1nc3ccccc3[nH]1)CC(=O)N2. The number of amides is 1. The lowest BCUT2D eigenvalue weighted by Gasteiger charge is -2.17. The van der Waals surface area contributed by atoms with Gasteiger partial charge in [0.05, 0.1) is 36.8 Å². The Labute approximate surface area is 163 Å². The van der Waals surface area contributed by atoms with Crippen LogP contribution in [0.1, 0.15) is 35.6 Å². The fraction of sp³-hybridized carbons (Fsp3) is 0.286. The normalized spacial score (nSPS) is 13.8. The van der Waals surface area contributed by atoms with Crippen LogP contribution in [0.3, 0.4) is 0 Å². The largest absolute Gasteiger partial charge is 0.465 e. The number of anilines is 1. The molecule has 1 aliphatic rings. The van der Waals surface area contributed by atoms with E-state index in [-0.39, 0.29) is 12.5 Å². The van der Waals surface area contributed by atoms with Crippen LogP contribution in [-0.4, -0.2) is 40.4 Å². The van der Waals surface area contributed by atoms with Crippen molar-refractivity contribution in [2.45, 2.75) is 26.9 Å². The van der Waals surface area contributed by atoms with Crippen LogP contribution in [-0.2, 0) is 22.6 Å². The van der Waals surface area contributed by atoms with Gasteiger partial charge in [0.15, 0.2) is 0 Å². The van der Waals surface area contributed by atoms with Crippen LogP contribution in [0.25, 0.3) is 11.0 Å². The molecule has 28 heavy (non-hydrogen) atoms. The van der Waals surface area contributed by atoms with Gasteiger partial charge in [0.2, 0.25) is 5.91 Å². The zero-order valence-corrected chi connectivity index (χ0v) is 16.3. The Morgan fingerprint density at radius 2 is 1.96 bits per heavy atom. The third-order valence-corrected chi connectivity index (χ3v) is 4.37. The Kier molecular flexibility index (Phi) is 6.06. The van der Waals surface area contributed by atoms with E-state index in [0.29, 0.717) is 18.7 Å². The lowest BCUT2D eigenvalue weighted by molar-refractivity contribution is -0.117. The van der Waals surface area contributed by atoms with Crippen LogP contribution in [0, 0.1) is 0 Å². The first kappa shape index (κ1) is 19.6. The van der Waals surface area contributed by atoms with Gasteiger partial charge in [-0.15, -0.1) is 0 Å². The van der Waals surface area contributed by atoms with Crippen molar-refractivity contribution in [3.63, 3.8) is 0 Å². The number of nitrogens with zero attached hydrogens (tertiary/aromatic N) is 2. The van der Waals surface area contributed by atoms with Crippen molar-refractivity contribution < 1.29 is 14.3 Å². The molecule has 0 unspecified atom stereocenters. The van der Waals surface area contributed by atoms with Gasteiger partial charge < -0.3 is 15.0 Å². The number of benzene rings is 2. The summed E-state index contributed by atoms with van der Waals surface area (Å²) in [5.74, 6) is 0.310. The van der Waals surface area contributed by atoms with Gasteiger partial charge in [0.1, 0.15) is 5.82 Å². The van der Waals surface area contributed by atoms with Gasteiger partial charge in [0.25, 0.3) is 0 Å². The highest BCUT2D eigenvalue weighted by Gasteiger charge is 2.21. The summed E-state index contributed by atoms with van der Waals surface area (Å²) < 4.78 is 4.78. The highest BCUT2D eigenvalue weighted by molar-refractivity contribution is 5.95. The van der Waals surface area contributed by atoms with Crippen LogP contribution >= 0.6 is 0 Å². The van der Waals surface area contributed by atoms with Gasteiger partial charge in [-0.25, -0.2) is 9.78 Å². The first-order chi connectivity index (χ1) is 13.6. The second kappa shape index (κ2) is 8.67. The van der Waals surface area contributed by atoms with E-state index < -0.39 is 5.97 Å². The van der Waals surface area contributed by atoms with Gasteiger partial charge in [-0.05, 0) is 35.9 Å². The van der Waals surface area contributed by atoms with Crippen LogP contribution < -0.4 is 5.32 Å². The average molecular weight is 380 g/mol. The molecule has 0 fully saturated rings. The van der Waals surface area contributed by atoms with E-state index in [1.165, 1.54) is 7.11 Å². The Balaban J connectivity index is 0.00000109. The minimum Gasteiger partial charge on any atom is -0.465 e. The molecule has 4 rings (SSSR count). The number of esters is 1.